The van der Waals surface area contributed by atoms with Crippen molar-refractivity contribution in [2.45, 2.75) is 19.6 Å². The van der Waals surface area contributed by atoms with Crippen LogP contribution >= 0.6 is 0 Å². The molecule has 6 N–H and O–H groups in total. The van der Waals surface area contributed by atoms with E-state index >= 15 is 0 Å². The van der Waals surface area contributed by atoms with Crippen molar-refractivity contribution in [2.75, 3.05) is 0 Å². The smallest absolute Gasteiger partial charge is 0.338 e. The fourth-order valence-electron chi connectivity index (χ4n) is 3.87. The van der Waals surface area contributed by atoms with E-state index in [1.807, 2.05) is 0 Å². The van der Waals surface area contributed by atoms with Crippen molar-refractivity contribution in [1.82, 2.24) is 19.9 Å². The van der Waals surface area contributed by atoms with Crippen molar-refractivity contribution >= 4 is 62.5 Å². The molecule has 0 radical (unpaired) electrons. The second kappa shape index (κ2) is 10.2. The van der Waals surface area contributed by atoms with Crippen LogP contribution in [0.4, 0.5) is 0 Å². The summed E-state index contributed by atoms with van der Waals surface area (Å²) >= 11 is 0. The molecule has 0 saturated carbocycles. The van der Waals surface area contributed by atoms with Gasteiger partial charge in [0, 0.05) is 11.1 Å². The average molecular weight is 654 g/mol. The summed E-state index contributed by atoms with van der Waals surface area (Å²) in [6.07, 6.45) is 0. The number of imidazole rings is 2. The minimum absolute atomic E-state index is 0. The van der Waals surface area contributed by atoms with Gasteiger partial charge in [0.05, 0.1) is 20.8 Å². The number of hydrogen-bond acceptors (Lipinski definition) is 10. The van der Waals surface area contributed by atoms with Gasteiger partial charge in [-0.3, -0.25) is 18.2 Å². The minimum atomic E-state index is -4.95. The van der Waals surface area contributed by atoms with E-state index in [-0.39, 0.29) is 63.3 Å². The van der Waals surface area contributed by atoms with Crippen LogP contribution in [0.25, 0.3) is 44.8 Å². The van der Waals surface area contributed by atoms with Gasteiger partial charge in [-0.2, -0.15) is 33.7 Å². The number of nitrogens with zero attached hydrogens (tertiary/aromatic N) is 2. The molecular formula is C20H14N4NaO12S4+. The molecule has 0 aliphatic carbocycles. The van der Waals surface area contributed by atoms with Crippen molar-refractivity contribution in [3.8, 4) is 22.8 Å². The van der Waals surface area contributed by atoms with E-state index < -0.39 is 60.1 Å². The van der Waals surface area contributed by atoms with E-state index in [0.29, 0.717) is 23.3 Å². The van der Waals surface area contributed by atoms with Gasteiger partial charge in [0.1, 0.15) is 32.5 Å². The molecule has 2 aromatic heterocycles. The van der Waals surface area contributed by atoms with Crippen molar-refractivity contribution < 1.29 is 81.4 Å². The fourth-order valence-corrected chi connectivity index (χ4v) is 6.44. The number of nitrogens with one attached hydrogen (secondary N) is 2. The average Bonchev–Trinajstić information content (AvgIpc) is 3.44. The summed E-state index contributed by atoms with van der Waals surface area (Å²) in [6.45, 7) is 0. The standard InChI is InChI=1S/C20H14N4O12S4.Na/c25-37(26,27)11-5-13-17(15(7-11)39(31,32)33)23-19(21-13)9-1-2-10(4-3-9)20-22-14-6-12(38(28,29)30)8-16(18(14)24-20)40(34,35)36;/h1-8H,(H,21,23)(H,22,24)(H,25,26,27)(H,28,29,30)(H,31,32,33)(H,34,35,36);/q;+1. The van der Waals surface area contributed by atoms with Crippen LogP contribution in [0.2, 0.25) is 0 Å². The van der Waals surface area contributed by atoms with Crippen molar-refractivity contribution in [2.24, 2.45) is 0 Å². The number of aromatic amines is 2. The molecule has 0 aliphatic rings. The first kappa shape index (κ1) is 31.2. The number of benzene rings is 3. The molecule has 0 fully saturated rings. The Morgan fingerprint density at radius 2 is 0.829 bits per heavy atom. The Bertz CT molecular complexity index is 2150. The molecule has 0 atom stereocenters. The Morgan fingerprint density at radius 1 is 0.512 bits per heavy atom. The monoisotopic (exact) mass is 653 g/mol. The van der Waals surface area contributed by atoms with E-state index in [4.69, 9.17) is 0 Å². The molecule has 0 bridgehead atoms. The first-order chi connectivity index (χ1) is 18.3. The molecule has 3 aromatic carbocycles. The zero-order valence-corrected chi connectivity index (χ0v) is 25.5. The van der Waals surface area contributed by atoms with Crippen molar-refractivity contribution in [3.05, 3.63) is 48.5 Å². The van der Waals surface area contributed by atoms with Gasteiger partial charge in [-0.15, -0.1) is 0 Å². The molecule has 0 aliphatic heterocycles. The Labute approximate surface area is 253 Å². The molecule has 2 heterocycles. The van der Waals surface area contributed by atoms with E-state index in [9.17, 15) is 51.9 Å². The third-order valence-electron chi connectivity index (χ3n) is 5.63. The first-order valence-electron chi connectivity index (χ1n) is 10.4. The summed E-state index contributed by atoms with van der Waals surface area (Å²) in [7, 11) is -19.6. The number of hydrogen-bond donors (Lipinski definition) is 6. The zero-order valence-electron chi connectivity index (χ0n) is 20.2. The van der Waals surface area contributed by atoms with Gasteiger partial charge in [0.25, 0.3) is 40.5 Å². The Morgan fingerprint density at radius 3 is 1.10 bits per heavy atom. The Hall–Kier alpha value is -2.76. The number of H-pyrrole nitrogens is 2. The SMILES string of the molecule is O=S(=O)(O)c1cc(S(=O)(=O)O)c2nc(-c3ccc(-c4nc5c(S(=O)(=O)O)cc(S(=O)(=O)O)cc5[nH]4)cc3)[nH]c2c1.[Na+]. The van der Waals surface area contributed by atoms with Gasteiger partial charge < -0.3 is 9.97 Å². The molecule has 0 amide bonds. The first-order valence-corrected chi connectivity index (χ1v) is 16.2. The van der Waals surface area contributed by atoms with Crippen molar-refractivity contribution in [1.29, 1.82) is 0 Å². The third kappa shape index (κ3) is 6.08. The second-order valence-electron chi connectivity index (χ2n) is 8.28. The van der Waals surface area contributed by atoms with Gasteiger partial charge in [-0.25, -0.2) is 9.97 Å². The fraction of sp³-hybridized carbons (Fsp3) is 0. The van der Waals surface area contributed by atoms with Crippen LogP contribution < -0.4 is 29.6 Å². The summed E-state index contributed by atoms with van der Waals surface area (Å²) in [5.41, 5.74) is -0.216. The van der Waals surface area contributed by atoms with Crippen LogP contribution in [0.1, 0.15) is 0 Å². The quantitative estimate of drug-likeness (QED) is 0.0924. The topological polar surface area (TPSA) is 275 Å². The largest absolute Gasteiger partial charge is 1.00 e. The molecule has 5 rings (SSSR count). The minimum Gasteiger partial charge on any atom is -0.338 e. The summed E-state index contributed by atoms with van der Waals surface area (Å²) in [4.78, 5) is 10.3. The van der Waals surface area contributed by atoms with E-state index in [2.05, 4.69) is 19.9 Å². The van der Waals surface area contributed by atoms with E-state index in [1.54, 1.807) is 0 Å². The van der Waals surface area contributed by atoms with E-state index in [0.717, 1.165) is 12.1 Å². The van der Waals surface area contributed by atoms with E-state index in [1.165, 1.54) is 24.3 Å². The van der Waals surface area contributed by atoms with Gasteiger partial charge in [0.15, 0.2) is 0 Å². The maximum absolute atomic E-state index is 11.8. The maximum Gasteiger partial charge on any atom is 1.00 e. The Kier molecular flexibility index (Phi) is 7.76. The summed E-state index contributed by atoms with van der Waals surface area (Å²) in [6, 6.07) is 8.80. The molecule has 210 valence electrons. The van der Waals surface area contributed by atoms with Gasteiger partial charge in [-0.05, 0) is 24.3 Å². The van der Waals surface area contributed by atoms with Crippen LogP contribution in [0.15, 0.2) is 68.1 Å². The summed E-state index contributed by atoms with van der Waals surface area (Å²) < 4.78 is 131. The van der Waals surface area contributed by atoms with Gasteiger partial charge >= 0.3 is 29.6 Å². The van der Waals surface area contributed by atoms with Crippen LogP contribution in [0.3, 0.4) is 0 Å². The molecule has 16 nitrogen and oxygen atoms in total. The zero-order chi connectivity index (χ0) is 29.4. The van der Waals surface area contributed by atoms with Crippen molar-refractivity contribution in [3.63, 3.8) is 0 Å². The van der Waals surface area contributed by atoms with Crippen LogP contribution in [0.5, 0.6) is 0 Å². The van der Waals surface area contributed by atoms with Crippen LogP contribution in [-0.2, 0) is 40.5 Å². The predicted molar refractivity (Wildman–Crippen MR) is 136 cm³/mol. The second-order valence-corrected chi connectivity index (χ2v) is 13.9. The number of fused-ring (bicyclic) bond motifs is 2. The van der Waals surface area contributed by atoms with Crippen LogP contribution in [-0.4, -0.2) is 71.8 Å². The molecule has 0 unspecified atom stereocenters. The molecule has 0 saturated heterocycles. The Balaban J connectivity index is 0.00000387. The summed E-state index contributed by atoms with van der Waals surface area (Å²) in [5, 5.41) is 0. The number of aromatic nitrogens is 4. The summed E-state index contributed by atoms with van der Waals surface area (Å²) in [5.74, 6) is 0.0741. The molecule has 5 aromatic rings. The predicted octanol–water partition coefficient (Wildman–Crippen LogP) is -1.24. The van der Waals surface area contributed by atoms with Gasteiger partial charge in [0.2, 0.25) is 0 Å². The van der Waals surface area contributed by atoms with Gasteiger partial charge in [-0.1, -0.05) is 24.3 Å². The molecular weight excluding hydrogens is 639 g/mol. The molecule has 21 heteroatoms. The normalized spacial score (nSPS) is 13.0. The number of rotatable bonds is 6. The maximum atomic E-state index is 11.8. The molecule has 0 spiro atoms. The third-order valence-corrected chi connectivity index (χ3v) is 9.03. The molecule has 41 heavy (non-hydrogen) atoms. The van der Waals surface area contributed by atoms with Crippen LogP contribution in [0, 0.1) is 0 Å².